The summed E-state index contributed by atoms with van der Waals surface area (Å²) in [5, 5.41) is 3.26. The minimum atomic E-state index is -0.979. The van der Waals surface area contributed by atoms with E-state index in [-0.39, 0.29) is 0 Å². The second-order valence-corrected chi connectivity index (χ2v) is 12.6. The molecule has 1 saturated heterocycles. The van der Waals surface area contributed by atoms with Crippen molar-refractivity contribution in [1.29, 1.82) is 0 Å². The summed E-state index contributed by atoms with van der Waals surface area (Å²) in [6, 6.07) is 2.05. The molecule has 4 heterocycles. The number of fused-ring (bicyclic) bond motifs is 1. The number of nitrogens with zero attached hydrogens (tertiary/aromatic N) is 2. The summed E-state index contributed by atoms with van der Waals surface area (Å²) < 4.78 is 3.34. The molecule has 5 nitrogen and oxygen atoms in total. The van der Waals surface area contributed by atoms with Gasteiger partial charge in [-0.05, 0) is 0 Å². The van der Waals surface area contributed by atoms with Crippen LogP contribution in [0.15, 0.2) is 42.3 Å². The van der Waals surface area contributed by atoms with Crippen molar-refractivity contribution in [3.8, 4) is 0 Å². The van der Waals surface area contributed by atoms with Gasteiger partial charge in [0.15, 0.2) is 0 Å². The number of nitrogens with two attached hydrogens (primary N) is 1. The van der Waals surface area contributed by atoms with Crippen molar-refractivity contribution in [3.63, 3.8) is 0 Å². The van der Waals surface area contributed by atoms with Gasteiger partial charge in [0.25, 0.3) is 0 Å². The van der Waals surface area contributed by atoms with Gasteiger partial charge < -0.3 is 0 Å². The molecule has 0 bridgehead atoms. The van der Waals surface area contributed by atoms with Gasteiger partial charge >= 0.3 is 157 Å². The number of hydrogen-bond acceptors (Lipinski definition) is 4. The average molecular weight is 481 g/mol. The predicted octanol–water partition coefficient (Wildman–Crippen LogP) is 4.58. The fourth-order valence-electron chi connectivity index (χ4n) is 3.69. The van der Waals surface area contributed by atoms with Crippen LogP contribution in [0.5, 0.6) is 0 Å². The molecule has 0 spiro atoms. The van der Waals surface area contributed by atoms with Crippen LogP contribution in [-0.2, 0) is 0 Å². The van der Waals surface area contributed by atoms with E-state index in [1.807, 2.05) is 26.1 Å². The number of piperidine rings is 1. The molecule has 3 aliphatic rings. The topological polar surface area (TPSA) is 69.4 Å². The molecular formula is C21H32IN5. The van der Waals surface area contributed by atoms with Crippen LogP contribution < -0.4 is 11.1 Å². The Hall–Kier alpha value is -1.54. The monoisotopic (exact) mass is 481 g/mol. The van der Waals surface area contributed by atoms with E-state index in [9.17, 15) is 0 Å². The van der Waals surface area contributed by atoms with Crippen molar-refractivity contribution >= 4 is 37.7 Å². The molecule has 1 fully saturated rings. The third-order valence-corrected chi connectivity index (χ3v) is 11.1. The Morgan fingerprint density at radius 2 is 2.04 bits per heavy atom. The predicted molar refractivity (Wildman–Crippen MR) is 125 cm³/mol. The molecule has 0 atom stereocenters. The first-order valence-corrected chi connectivity index (χ1v) is 14.1. The number of nitrogens with one attached hydrogen (secondary N) is 2. The second kappa shape index (κ2) is 9.10. The number of alkyl halides is 1. The van der Waals surface area contributed by atoms with E-state index in [0.717, 1.165) is 55.3 Å². The Morgan fingerprint density at radius 1 is 1.30 bits per heavy atom. The zero-order valence-corrected chi connectivity index (χ0v) is 19.0. The first-order chi connectivity index (χ1) is 13.1. The third-order valence-electron chi connectivity index (χ3n) is 5.39. The van der Waals surface area contributed by atoms with Gasteiger partial charge in [-0.2, -0.15) is 0 Å². The van der Waals surface area contributed by atoms with Gasteiger partial charge in [0, 0.05) is 0 Å². The standard InChI is InChI=1S/C19H26IN5.C2H6/c1-13-3-4-15(20(13)2)11-25-9-6-14(7-10-25)17(21)18-16-5-8-22-19(16)24-12-23-18;1-2/h3-5,8,12,14,22H,6-7,9-11,21H2,1-2H3,(H,23,24);1-2H3/b18-17-;. The Kier molecular flexibility index (Phi) is 6.81. The van der Waals surface area contributed by atoms with Crippen molar-refractivity contribution in [2.45, 2.75) is 33.6 Å². The first kappa shape index (κ1) is 20.2. The van der Waals surface area contributed by atoms with Gasteiger partial charge in [-0.15, -0.1) is 0 Å². The molecule has 4 N–H and O–H groups in total. The van der Waals surface area contributed by atoms with Crippen LogP contribution in [0.3, 0.4) is 0 Å². The van der Waals surface area contributed by atoms with Gasteiger partial charge in [0.05, 0.1) is 0 Å². The van der Waals surface area contributed by atoms with Crippen molar-refractivity contribution in [2.24, 2.45) is 16.6 Å². The summed E-state index contributed by atoms with van der Waals surface area (Å²) in [4.78, 5) is 12.6. The molecule has 3 aliphatic heterocycles. The second-order valence-electron chi connectivity index (χ2n) is 6.86. The summed E-state index contributed by atoms with van der Waals surface area (Å²) in [5.74, 6) is 1.34. The first-order valence-electron chi connectivity index (χ1n) is 9.79. The van der Waals surface area contributed by atoms with Crippen LogP contribution in [0.4, 0.5) is 5.82 Å². The molecule has 1 aromatic heterocycles. The molecule has 0 radical (unpaired) electrons. The maximum absolute atomic E-state index is 6.56. The fourth-order valence-corrected chi connectivity index (χ4v) is 7.22. The van der Waals surface area contributed by atoms with Crippen LogP contribution in [-0.4, -0.2) is 40.8 Å². The van der Waals surface area contributed by atoms with Crippen molar-refractivity contribution in [2.75, 3.05) is 24.6 Å². The van der Waals surface area contributed by atoms with E-state index in [1.54, 1.807) is 13.5 Å². The van der Waals surface area contributed by atoms with Crippen molar-refractivity contribution in [1.82, 2.24) is 15.2 Å². The number of H-pyrrole nitrogens is 1. The Labute approximate surface area is 170 Å². The Balaban J connectivity index is 0.00000102. The summed E-state index contributed by atoms with van der Waals surface area (Å²) in [7, 11) is 0. The van der Waals surface area contributed by atoms with E-state index in [1.165, 1.54) is 0 Å². The number of rotatable bonds is 3. The molecule has 0 aliphatic carbocycles. The zero-order valence-electron chi connectivity index (χ0n) is 16.8. The Bertz CT molecular complexity index is 778. The van der Waals surface area contributed by atoms with E-state index >= 15 is 0 Å². The van der Waals surface area contributed by atoms with Crippen molar-refractivity contribution < 1.29 is 0 Å². The summed E-state index contributed by atoms with van der Waals surface area (Å²) in [6.07, 6.45) is 10.6. The summed E-state index contributed by atoms with van der Waals surface area (Å²) in [5.41, 5.74) is 9.65. The van der Waals surface area contributed by atoms with Crippen LogP contribution >= 0.6 is 19.8 Å². The number of allylic oxidation sites excluding steroid dienone is 4. The number of likely N-dealkylation sites (tertiary alicyclic amines) is 1. The van der Waals surface area contributed by atoms with E-state index < -0.39 is 19.8 Å². The average Bonchev–Trinajstić information content (AvgIpc) is 3.31. The Morgan fingerprint density at radius 3 is 2.70 bits per heavy atom. The third kappa shape index (κ3) is 4.32. The van der Waals surface area contributed by atoms with E-state index in [2.05, 4.69) is 44.2 Å². The number of hydrogen-bond donors (Lipinski definition) is 3. The van der Waals surface area contributed by atoms with E-state index in [4.69, 9.17) is 5.73 Å². The quantitative estimate of drug-likeness (QED) is 0.437. The minimum absolute atomic E-state index is 0.446. The van der Waals surface area contributed by atoms with Crippen LogP contribution in [0.1, 0.15) is 39.2 Å². The maximum atomic E-state index is 6.56. The van der Waals surface area contributed by atoms with Crippen LogP contribution in [0.25, 0.3) is 5.70 Å². The van der Waals surface area contributed by atoms with Gasteiger partial charge in [-0.25, -0.2) is 0 Å². The molecule has 1 aromatic rings. The fraction of sp³-hybridized carbons (Fsp3) is 0.476. The molecule has 0 amide bonds. The summed E-state index contributed by atoms with van der Waals surface area (Å²) in [6.45, 7) is 9.72. The number of aromatic amines is 1. The number of aromatic nitrogens is 1. The molecule has 0 aromatic carbocycles. The normalized spacial score (nSPS) is 23.0. The van der Waals surface area contributed by atoms with Gasteiger partial charge in [0.1, 0.15) is 0 Å². The molecule has 0 saturated carbocycles. The van der Waals surface area contributed by atoms with Gasteiger partial charge in [-0.3, -0.25) is 0 Å². The summed E-state index contributed by atoms with van der Waals surface area (Å²) >= 11 is -0.979. The van der Waals surface area contributed by atoms with Crippen LogP contribution in [0, 0.1) is 5.92 Å². The van der Waals surface area contributed by atoms with Gasteiger partial charge in [-0.1, -0.05) is 13.8 Å². The van der Waals surface area contributed by atoms with Crippen LogP contribution in [0.2, 0.25) is 0 Å². The molecule has 27 heavy (non-hydrogen) atoms. The molecular weight excluding hydrogens is 449 g/mol. The molecule has 148 valence electrons. The SMILES string of the molecule is CC.CC1=CC=C(CN2CCC(/C(N)=C3/NC=Nc4[nH]ccc43)CC2)I1C. The van der Waals surface area contributed by atoms with E-state index in [0.29, 0.717) is 5.92 Å². The van der Waals surface area contributed by atoms with Crippen molar-refractivity contribution in [3.05, 3.63) is 42.8 Å². The van der Waals surface area contributed by atoms with Gasteiger partial charge in [0.2, 0.25) is 0 Å². The molecule has 0 unspecified atom stereocenters. The molecule has 6 heteroatoms. The number of aliphatic imine (C=N–C) groups is 1. The molecule has 4 rings (SSSR count). The number of halogens is 1. The zero-order chi connectivity index (χ0) is 19.4.